The molecule has 2 aromatic rings. The van der Waals surface area contributed by atoms with Gasteiger partial charge in [-0.15, -0.1) is 0 Å². The summed E-state index contributed by atoms with van der Waals surface area (Å²) in [5.74, 6) is -0.174. The van der Waals surface area contributed by atoms with Crippen molar-refractivity contribution in [2.24, 2.45) is 0 Å². The molecule has 3 rings (SSSR count). The topological polar surface area (TPSA) is 23.6 Å². The van der Waals surface area contributed by atoms with Gasteiger partial charge in [-0.3, -0.25) is 4.79 Å². The van der Waals surface area contributed by atoms with Crippen molar-refractivity contribution in [2.45, 2.75) is 0 Å². The number of piperazine rings is 1. The minimum absolute atomic E-state index is 0.174. The van der Waals surface area contributed by atoms with Crippen molar-refractivity contribution in [3.8, 4) is 0 Å². The maximum Gasteiger partial charge on any atom is 0.257 e. The van der Waals surface area contributed by atoms with E-state index in [4.69, 9.17) is 46.4 Å². The van der Waals surface area contributed by atoms with Crippen LogP contribution in [0.4, 0.5) is 5.69 Å². The van der Waals surface area contributed by atoms with E-state index >= 15 is 0 Å². The zero-order chi connectivity index (χ0) is 17.3. The maximum atomic E-state index is 12.7. The van der Waals surface area contributed by atoms with Gasteiger partial charge in [0.05, 0.1) is 15.6 Å². The van der Waals surface area contributed by atoms with E-state index in [0.29, 0.717) is 28.7 Å². The van der Waals surface area contributed by atoms with Crippen LogP contribution in [0.3, 0.4) is 0 Å². The quantitative estimate of drug-likeness (QED) is 0.682. The Morgan fingerprint density at radius 3 is 2.04 bits per heavy atom. The zero-order valence-corrected chi connectivity index (χ0v) is 15.6. The summed E-state index contributed by atoms with van der Waals surface area (Å²) in [6, 6.07) is 10.8. The second kappa shape index (κ2) is 7.40. The molecule has 3 nitrogen and oxygen atoms in total. The fourth-order valence-corrected chi connectivity index (χ4v) is 3.91. The highest BCUT2D eigenvalue weighted by Gasteiger charge is 2.25. The van der Waals surface area contributed by atoms with Gasteiger partial charge in [-0.05, 0) is 30.3 Å². The van der Waals surface area contributed by atoms with Gasteiger partial charge in [-0.2, -0.15) is 0 Å². The maximum absolute atomic E-state index is 12.7. The summed E-state index contributed by atoms with van der Waals surface area (Å²) in [5.41, 5.74) is 1.36. The van der Waals surface area contributed by atoms with Gasteiger partial charge in [-0.1, -0.05) is 52.5 Å². The summed E-state index contributed by atoms with van der Waals surface area (Å²) in [6.07, 6.45) is 0. The summed E-state index contributed by atoms with van der Waals surface area (Å²) in [5, 5.41) is 1.66. The van der Waals surface area contributed by atoms with E-state index < -0.39 is 0 Å². The minimum atomic E-state index is -0.174. The van der Waals surface area contributed by atoms with Crippen molar-refractivity contribution in [3.05, 3.63) is 62.1 Å². The third-order valence-electron chi connectivity index (χ3n) is 3.96. The molecule has 0 atom stereocenters. The largest absolute Gasteiger partial charge is 0.368 e. The normalized spacial score (nSPS) is 14.8. The van der Waals surface area contributed by atoms with Crippen molar-refractivity contribution < 1.29 is 4.79 Å². The number of carbonyl (C=O) groups is 1. The average Bonchev–Trinajstić information content (AvgIpc) is 2.54. The Balaban J connectivity index is 1.72. The number of anilines is 1. The standard InChI is InChI=1S/C17H14Cl4N2O/c18-11-2-1-3-13(8-11)22-4-6-23(7-5-22)17(24)16-14(20)9-12(19)10-15(16)21/h1-3,8-10H,4-7H2. The fourth-order valence-electron chi connectivity index (χ4n) is 2.75. The van der Waals surface area contributed by atoms with Crippen molar-refractivity contribution in [1.82, 2.24) is 4.90 Å². The Morgan fingerprint density at radius 1 is 0.833 bits per heavy atom. The minimum Gasteiger partial charge on any atom is -0.368 e. The molecule has 0 aromatic heterocycles. The number of amides is 1. The summed E-state index contributed by atoms with van der Waals surface area (Å²) in [7, 11) is 0. The molecular formula is C17H14Cl4N2O. The van der Waals surface area contributed by atoms with Crippen molar-refractivity contribution in [2.75, 3.05) is 31.1 Å². The first kappa shape index (κ1) is 17.7. The lowest BCUT2D eigenvalue weighted by Crippen LogP contribution is -2.48. The van der Waals surface area contributed by atoms with Gasteiger partial charge in [0, 0.05) is 41.9 Å². The Morgan fingerprint density at radius 2 is 1.46 bits per heavy atom. The summed E-state index contributed by atoms with van der Waals surface area (Å²) >= 11 is 24.2. The van der Waals surface area contributed by atoms with E-state index in [9.17, 15) is 4.79 Å². The molecule has 7 heteroatoms. The third-order valence-corrected chi connectivity index (χ3v) is 5.01. The molecule has 126 valence electrons. The number of nitrogens with zero attached hydrogens (tertiary/aromatic N) is 2. The van der Waals surface area contributed by atoms with Crippen LogP contribution in [0.15, 0.2) is 36.4 Å². The molecule has 0 saturated carbocycles. The van der Waals surface area contributed by atoms with Crippen LogP contribution in [0.25, 0.3) is 0 Å². The number of rotatable bonds is 2. The molecule has 0 N–H and O–H groups in total. The van der Waals surface area contributed by atoms with Crippen LogP contribution in [-0.2, 0) is 0 Å². The Hall–Kier alpha value is -1.13. The van der Waals surface area contributed by atoms with Crippen LogP contribution in [0.2, 0.25) is 20.1 Å². The van der Waals surface area contributed by atoms with E-state index in [1.807, 2.05) is 24.3 Å². The summed E-state index contributed by atoms with van der Waals surface area (Å²) < 4.78 is 0. The molecule has 2 aromatic carbocycles. The first-order chi connectivity index (χ1) is 11.5. The number of hydrogen-bond donors (Lipinski definition) is 0. The van der Waals surface area contributed by atoms with Crippen LogP contribution in [-0.4, -0.2) is 37.0 Å². The molecule has 1 fully saturated rings. The first-order valence-electron chi connectivity index (χ1n) is 7.40. The molecule has 1 aliphatic heterocycles. The van der Waals surface area contributed by atoms with E-state index in [2.05, 4.69) is 4.90 Å². The van der Waals surface area contributed by atoms with E-state index in [1.54, 1.807) is 4.90 Å². The molecule has 0 spiro atoms. The number of hydrogen-bond acceptors (Lipinski definition) is 2. The highest BCUT2D eigenvalue weighted by Crippen LogP contribution is 2.30. The van der Waals surface area contributed by atoms with Crippen LogP contribution < -0.4 is 4.90 Å². The predicted molar refractivity (Wildman–Crippen MR) is 101 cm³/mol. The number of benzene rings is 2. The van der Waals surface area contributed by atoms with Crippen LogP contribution in [0.5, 0.6) is 0 Å². The van der Waals surface area contributed by atoms with Gasteiger partial charge in [-0.25, -0.2) is 0 Å². The molecule has 1 saturated heterocycles. The highest BCUT2D eigenvalue weighted by molar-refractivity contribution is 6.42. The monoisotopic (exact) mass is 402 g/mol. The van der Waals surface area contributed by atoms with Gasteiger partial charge in [0.2, 0.25) is 0 Å². The third kappa shape index (κ3) is 3.75. The fraction of sp³-hybridized carbons (Fsp3) is 0.235. The lowest BCUT2D eigenvalue weighted by Gasteiger charge is -2.36. The molecule has 0 aliphatic carbocycles. The van der Waals surface area contributed by atoms with Crippen LogP contribution in [0, 0.1) is 0 Å². The van der Waals surface area contributed by atoms with Crippen molar-refractivity contribution >= 4 is 58.0 Å². The number of halogens is 4. The van der Waals surface area contributed by atoms with Gasteiger partial charge >= 0.3 is 0 Å². The Kier molecular flexibility index (Phi) is 5.46. The lowest BCUT2D eigenvalue weighted by atomic mass is 10.1. The molecule has 0 bridgehead atoms. The molecular weight excluding hydrogens is 390 g/mol. The second-order valence-electron chi connectivity index (χ2n) is 5.50. The second-order valence-corrected chi connectivity index (χ2v) is 7.19. The predicted octanol–water partition coefficient (Wildman–Crippen LogP) is 5.26. The molecule has 0 unspecified atom stereocenters. The first-order valence-corrected chi connectivity index (χ1v) is 8.91. The van der Waals surface area contributed by atoms with Crippen LogP contribution in [0.1, 0.15) is 10.4 Å². The average molecular weight is 404 g/mol. The highest BCUT2D eigenvalue weighted by atomic mass is 35.5. The zero-order valence-electron chi connectivity index (χ0n) is 12.6. The van der Waals surface area contributed by atoms with E-state index in [0.717, 1.165) is 18.8 Å². The SMILES string of the molecule is O=C(c1c(Cl)cc(Cl)cc1Cl)N1CCN(c2cccc(Cl)c2)CC1. The van der Waals surface area contributed by atoms with Crippen molar-refractivity contribution in [3.63, 3.8) is 0 Å². The van der Waals surface area contributed by atoms with Gasteiger partial charge in [0.1, 0.15) is 0 Å². The van der Waals surface area contributed by atoms with Crippen molar-refractivity contribution in [1.29, 1.82) is 0 Å². The smallest absolute Gasteiger partial charge is 0.257 e. The number of carbonyl (C=O) groups excluding carboxylic acids is 1. The van der Waals surface area contributed by atoms with E-state index in [-0.39, 0.29) is 16.0 Å². The Labute approximate surface area is 160 Å². The van der Waals surface area contributed by atoms with E-state index in [1.165, 1.54) is 12.1 Å². The molecule has 0 radical (unpaired) electrons. The lowest BCUT2D eigenvalue weighted by molar-refractivity contribution is 0.0747. The van der Waals surface area contributed by atoms with Gasteiger partial charge < -0.3 is 9.80 Å². The molecule has 1 heterocycles. The van der Waals surface area contributed by atoms with Crippen LogP contribution >= 0.6 is 46.4 Å². The Bertz CT molecular complexity index is 750. The molecule has 1 aliphatic rings. The van der Waals surface area contributed by atoms with Gasteiger partial charge in [0.25, 0.3) is 5.91 Å². The van der Waals surface area contributed by atoms with Gasteiger partial charge in [0.15, 0.2) is 0 Å². The molecule has 24 heavy (non-hydrogen) atoms. The summed E-state index contributed by atoms with van der Waals surface area (Å²) in [6.45, 7) is 2.60. The molecule has 1 amide bonds. The summed E-state index contributed by atoms with van der Waals surface area (Å²) in [4.78, 5) is 16.7.